The van der Waals surface area contributed by atoms with Gasteiger partial charge in [0, 0.05) is 12.3 Å². The van der Waals surface area contributed by atoms with Crippen LogP contribution in [-0.4, -0.2) is 34.6 Å². The molecule has 0 aliphatic carbocycles. The smallest absolute Gasteiger partial charge is 0.326 e. The van der Waals surface area contributed by atoms with Gasteiger partial charge in [0.05, 0.1) is 0 Å². The van der Waals surface area contributed by atoms with Crippen molar-refractivity contribution in [3.63, 3.8) is 0 Å². The zero-order valence-electron chi connectivity index (χ0n) is 13.8. The molecule has 0 saturated heterocycles. The minimum absolute atomic E-state index is 0.256. The molecule has 1 amide bonds. The number of carbonyl (C=O) groups is 2. The first-order chi connectivity index (χ1) is 12.1. The van der Waals surface area contributed by atoms with Crippen molar-refractivity contribution in [2.24, 2.45) is 0 Å². The zero-order valence-corrected chi connectivity index (χ0v) is 13.8. The minimum Gasteiger partial charge on any atom is -0.484 e. The number of aliphatic carboxylic acids is 1. The van der Waals surface area contributed by atoms with Gasteiger partial charge in [0.1, 0.15) is 17.5 Å². The van der Waals surface area contributed by atoms with Gasteiger partial charge in [-0.05, 0) is 36.8 Å². The van der Waals surface area contributed by atoms with Crippen LogP contribution in [0.5, 0.6) is 17.4 Å². The van der Waals surface area contributed by atoms with Crippen LogP contribution in [0.2, 0.25) is 0 Å². The average molecular weight is 344 g/mol. The van der Waals surface area contributed by atoms with Gasteiger partial charge in [-0.3, -0.25) is 4.79 Å². The number of benzene rings is 1. The van der Waals surface area contributed by atoms with E-state index in [1.54, 1.807) is 42.6 Å². The number of ether oxygens (including phenoxy) is 2. The predicted molar refractivity (Wildman–Crippen MR) is 90.7 cm³/mol. The Morgan fingerprint density at radius 1 is 1.16 bits per heavy atom. The molecule has 0 aliphatic rings. The first-order valence-electron chi connectivity index (χ1n) is 7.92. The predicted octanol–water partition coefficient (Wildman–Crippen LogP) is 2.62. The summed E-state index contributed by atoms with van der Waals surface area (Å²) in [6.45, 7) is 1.60. The summed E-state index contributed by atoms with van der Waals surface area (Å²) in [5.74, 6) is 0.0161. The maximum atomic E-state index is 11.8. The Morgan fingerprint density at radius 2 is 1.88 bits per heavy atom. The molecule has 0 spiro atoms. The Labute approximate surface area is 145 Å². The average Bonchev–Trinajstić information content (AvgIpc) is 2.61. The molecule has 1 aromatic carbocycles. The number of rotatable bonds is 9. The second-order valence-electron chi connectivity index (χ2n) is 5.28. The highest BCUT2D eigenvalue weighted by Crippen LogP contribution is 2.22. The maximum absolute atomic E-state index is 11.8. The van der Waals surface area contributed by atoms with E-state index in [1.165, 1.54) is 0 Å². The van der Waals surface area contributed by atoms with Gasteiger partial charge in [0.25, 0.3) is 5.91 Å². The number of pyridine rings is 1. The highest BCUT2D eigenvalue weighted by atomic mass is 16.5. The molecule has 0 fully saturated rings. The molecule has 1 unspecified atom stereocenters. The molecule has 7 heteroatoms. The molecule has 25 heavy (non-hydrogen) atoms. The van der Waals surface area contributed by atoms with Crippen molar-refractivity contribution >= 4 is 11.9 Å². The van der Waals surface area contributed by atoms with E-state index in [0.29, 0.717) is 30.2 Å². The number of carbonyl (C=O) groups excluding carboxylic acids is 1. The third-order valence-electron chi connectivity index (χ3n) is 3.26. The Bertz CT molecular complexity index is 688. The quantitative estimate of drug-likeness (QED) is 0.726. The third kappa shape index (κ3) is 6.14. The van der Waals surface area contributed by atoms with Crippen LogP contribution < -0.4 is 14.8 Å². The molecule has 2 aromatic rings. The van der Waals surface area contributed by atoms with E-state index in [4.69, 9.17) is 14.6 Å². The first kappa shape index (κ1) is 18.3. The molecule has 0 aliphatic heterocycles. The normalized spacial score (nSPS) is 11.4. The number of hydrogen-bond donors (Lipinski definition) is 2. The van der Waals surface area contributed by atoms with E-state index < -0.39 is 17.9 Å². The highest BCUT2D eigenvalue weighted by Gasteiger charge is 2.18. The fourth-order valence-electron chi connectivity index (χ4n) is 2.06. The number of nitrogens with one attached hydrogen (secondary N) is 1. The molecule has 0 radical (unpaired) electrons. The van der Waals surface area contributed by atoms with E-state index in [9.17, 15) is 9.59 Å². The number of amides is 1. The Balaban J connectivity index is 1.82. The molecule has 1 aromatic heterocycles. The zero-order chi connectivity index (χ0) is 18.1. The van der Waals surface area contributed by atoms with E-state index in [-0.39, 0.29) is 6.61 Å². The maximum Gasteiger partial charge on any atom is 0.326 e. The van der Waals surface area contributed by atoms with Crippen LogP contribution in [0, 0.1) is 0 Å². The lowest BCUT2D eigenvalue weighted by Gasteiger charge is -2.14. The molecule has 7 nitrogen and oxygen atoms in total. The second kappa shape index (κ2) is 9.27. The van der Waals surface area contributed by atoms with Crippen LogP contribution in [0.25, 0.3) is 0 Å². The summed E-state index contributed by atoms with van der Waals surface area (Å²) in [7, 11) is 0. The molecular weight excluding hydrogens is 324 g/mol. The summed E-state index contributed by atoms with van der Waals surface area (Å²) in [5.41, 5.74) is 0. The van der Waals surface area contributed by atoms with Crippen LogP contribution in [0.15, 0.2) is 48.7 Å². The van der Waals surface area contributed by atoms with E-state index >= 15 is 0 Å². The van der Waals surface area contributed by atoms with Gasteiger partial charge in [-0.15, -0.1) is 0 Å². The van der Waals surface area contributed by atoms with Gasteiger partial charge in [0.15, 0.2) is 6.61 Å². The van der Waals surface area contributed by atoms with Gasteiger partial charge in [-0.2, -0.15) is 0 Å². The lowest BCUT2D eigenvalue weighted by molar-refractivity contribution is -0.142. The van der Waals surface area contributed by atoms with Crippen molar-refractivity contribution in [3.8, 4) is 17.4 Å². The number of carboxylic acids is 1. The van der Waals surface area contributed by atoms with Gasteiger partial charge in [0.2, 0.25) is 5.88 Å². The van der Waals surface area contributed by atoms with Crippen molar-refractivity contribution in [2.75, 3.05) is 6.61 Å². The van der Waals surface area contributed by atoms with E-state index in [1.807, 2.05) is 13.0 Å². The van der Waals surface area contributed by atoms with Crippen LogP contribution in [0.1, 0.15) is 19.8 Å². The van der Waals surface area contributed by atoms with E-state index in [0.717, 1.165) is 0 Å². The largest absolute Gasteiger partial charge is 0.484 e. The Morgan fingerprint density at radius 3 is 2.48 bits per heavy atom. The Hall–Kier alpha value is -3.09. The molecule has 132 valence electrons. The molecule has 1 atom stereocenters. The molecule has 0 bridgehead atoms. The molecular formula is C18H20N2O5. The topological polar surface area (TPSA) is 97.8 Å². The SMILES string of the molecule is CCCC(NC(=O)COc1ccc(Oc2ccccn2)cc1)C(=O)O. The molecule has 1 heterocycles. The van der Waals surface area contributed by atoms with Crippen molar-refractivity contribution in [3.05, 3.63) is 48.7 Å². The van der Waals surface area contributed by atoms with Crippen molar-refractivity contribution in [2.45, 2.75) is 25.8 Å². The van der Waals surface area contributed by atoms with Crippen molar-refractivity contribution in [1.82, 2.24) is 10.3 Å². The van der Waals surface area contributed by atoms with E-state index in [2.05, 4.69) is 10.3 Å². The summed E-state index contributed by atoms with van der Waals surface area (Å²) in [6.07, 6.45) is 2.67. The number of nitrogens with zero attached hydrogens (tertiary/aromatic N) is 1. The summed E-state index contributed by atoms with van der Waals surface area (Å²) in [4.78, 5) is 26.9. The lowest BCUT2D eigenvalue weighted by atomic mass is 10.2. The summed E-state index contributed by atoms with van der Waals surface area (Å²) >= 11 is 0. The van der Waals surface area contributed by atoms with Crippen molar-refractivity contribution in [1.29, 1.82) is 0 Å². The first-order valence-corrected chi connectivity index (χ1v) is 7.92. The standard InChI is InChI=1S/C18H20N2O5/c1-2-5-15(18(22)23)20-16(21)12-24-13-7-9-14(10-8-13)25-17-6-3-4-11-19-17/h3-4,6-11,15H,2,5,12H2,1H3,(H,20,21)(H,22,23). The fourth-order valence-corrected chi connectivity index (χ4v) is 2.06. The van der Waals surface area contributed by atoms with Crippen LogP contribution in [-0.2, 0) is 9.59 Å². The molecule has 2 rings (SSSR count). The van der Waals surface area contributed by atoms with Crippen molar-refractivity contribution < 1.29 is 24.2 Å². The lowest BCUT2D eigenvalue weighted by Crippen LogP contribution is -2.42. The van der Waals surface area contributed by atoms with Gasteiger partial charge in [-0.25, -0.2) is 9.78 Å². The minimum atomic E-state index is -1.05. The molecule has 2 N–H and O–H groups in total. The molecule has 0 saturated carbocycles. The number of carboxylic acid groups (broad SMARTS) is 1. The van der Waals surface area contributed by atoms with Gasteiger partial charge < -0.3 is 19.9 Å². The van der Waals surface area contributed by atoms with Crippen LogP contribution in [0.4, 0.5) is 0 Å². The fraction of sp³-hybridized carbons (Fsp3) is 0.278. The summed E-state index contributed by atoms with van der Waals surface area (Å²) in [5, 5.41) is 11.5. The van der Waals surface area contributed by atoms with Gasteiger partial charge >= 0.3 is 5.97 Å². The number of aromatic nitrogens is 1. The second-order valence-corrected chi connectivity index (χ2v) is 5.28. The Kier molecular flexibility index (Phi) is 6.76. The summed E-state index contributed by atoms with van der Waals surface area (Å²) in [6, 6.07) is 11.2. The third-order valence-corrected chi connectivity index (χ3v) is 3.26. The highest BCUT2D eigenvalue weighted by molar-refractivity contribution is 5.84. The van der Waals surface area contributed by atoms with Crippen LogP contribution >= 0.6 is 0 Å². The van der Waals surface area contributed by atoms with Gasteiger partial charge in [-0.1, -0.05) is 19.4 Å². The summed E-state index contributed by atoms with van der Waals surface area (Å²) < 4.78 is 10.9. The monoisotopic (exact) mass is 344 g/mol. The number of hydrogen-bond acceptors (Lipinski definition) is 5. The van der Waals surface area contributed by atoms with Crippen LogP contribution in [0.3, 0.4) is 0 Å².